The van der Waals surface area contributed by atoms with E-state index in [-0.39, 0.29) is 24.3 Å². The SMILES string of the molecule is CCCCCCCC(=O)OC(OC(=O)CCCCCCC)c1ccc(-c2ccc(O)cc2)cc1-c1ccc(O)cc1. The van der Waals surface area contributed by atoms with E-state index in [4.69, 9.17) is 9.47 Å². The number of phenolic OH excluding ortho intramolecular Hbond substituents is 2. The van der Waals surface area contributed by atoms with Crippen LogP contribution in [0.5, 0.6) is 11.5 Å². The Balaban J connectivity index is 1.91. The van der Waals surface area contributed by atoms with Crippen molar-refractivity contribution in [3.05, 3.63) is 72.3 Å². The Morgan fingerprint density at radius 2 is 1.02 bits per heavy atom. The Labute approximate surface area is 244 Å². The summed E-state index contributed by atoms with van der Waals surface area (Å²) >= 11 is 0. The highest BCUT2D eigenvalue weighted by Crippen LogP contribution is 2.36. The van der Waals surface area contributed by atoms with Crippen molar-refractivity contribution in [2.75, 3.05) is 0 Å². The van der Waals surface area contributed by atoms with Gasteiger partial charge >= 0.3 is 11.9 Å². The van der Waals surface area contributed by atoms with Gasteiger partial charge in [0.15, 0.2) is 0 Å². The Morgan fingerprint density at radius 3 is 1.51 bits per heavy atom. The lowest BCUT2D eigenvalue weighted by Crippen LogP contribution is -2.19. The molecule has 0 radical (unpaired) electrons. The first-order valence-corrected chi connectivity index (χ1v) is 15.0. The van der Waals surface area contributed by atoms with E-state index in [1.54, 1.807) is 36.4 Å². The van der Waals surface area contributed by atoms with E-state index in [9.17, 15) is 19.8 Å². The molecule has 0 bridgehead atoms. The van der Waals surface area contributed by atoms with Crippen LogP contribution in [-0.4, -0.2) is 22.2 Å². The van der Waals surface area contributed by atoms with Gasteiger partial charge in [-0.15, -0.1) is 0 Å². The van der Waals surface area contributed by atoms with Gasteiger partial charge in [-0.2, -0.15) is 0 Å². The molecule has 3 rings (SSSR count). The van der Waals surface area contributed by atoms with Crippen molar-refractivity contribution < 1.29 is 29.3 Å². The number of hydrogen-bond acceptors (Lipinski definition) is 6. The minimum absolute atomic E-state index is 0.130. The van der Waals surface area contributed by atoms with Gasteiger partial charge in [-0.1, -0.05) is 102 Å². The lowest BCUT2D eigenvalue weighted by molar-refractivity contribution is -0.189. The van der Waals surface area contributed by atoms with Crippen LogP contribution in [-0.2, 0) is 19.1 Å². The molecule has 220 valence electrons. The van der Waals surface area contributed by atoms with Crippen molar-refractivity contribution in [3.8, 4) is 33.8 Å². The predicted octanol–water partition coefficient (Wildman–Crippen LogP) is 9.24. The van der Waals surface area contributed by atoms with Crippen molar-refractivity contribution in [1.82, 2.24) is 0 Å². The molecule has 3 aromatic rings. The lowest BCUT2D eigenvalue weighted by Gasteiger charge is -2.22. The normalized spacial score (nSPS) is 11.0. The minimum atomic E-state index is -1.20. The average molecular weight is 561 g/mol. The Bertz CT molecular complexity index is 1190. The summed E-state index contributed by atoms with van der Waals surface area (Å²) in [6, 6.07) is 19.3. The molecule has 2 N–H and O–H groups in total. The van der Waals surface area contributed by atoms with Crippen LogP contribution in [0, 0.1) is 0 Å². The number of carbonyl (C=O) groups excluding carboxylic acids is 2. The number of carbonyl (C=O) groups is 2. The molecule has 0 saturated carbocycles. The molecule has 6 heteroatoms. The van der Waals surface area contributed by atoms with Gasteiger partial charge in [0.05, 0.1) is 0 Å². The third kappa shape index (κ3) is 10.6. The molecule has 0 unspecified atom stereocenters. The topological polar surface area (TPSA) is 93.1 Å². The molecular formula is C35H44O6. The molecule has 0 aromatic heterocycles. The first-order chi connectivity index (χ1) is 19.9. The van der Waals surface area contributed by atoms with Crippen molar-refractivity contribution in [1.29, 1.82) is 0 Å². The van der Waals surface area contributed by atoms with Crippen molar-refractivity contribution in [2.24, 2.45) is 0 Å². The van der Waals surface area contributed by atoms with Crippen LogP contribution in [0.2, 0.25) is 0 Å². The molecule has 0 saturated heterocycles. The van der Waals surface area contributed by atoms with Gasteiger partial charge in [0.1, 0.15) is 11.5 Å². The third-order valence-electron chi connectivity index (χ3n) is 7.13. The fraction of sp³-hybridized carbons (Fsp3) is 0.429. The summed E-state index contributed by atoms with van der Waals surface area (Å²) in [6.45, 7) is 4.30. The Morgan fingerprint density at radius 1 is 0.585 bits per heavy atom. The summed E-state index contributed by atoms with van der Waals surface area (Å²) < 4.78 is 11.7. The molecule has 0 aliphatic heterocycles. The molecule has 6 nitrogen and oxygen atoms in total. The summed E-state index contributed by atoms with van der Waals surface area (Å²) in [7, 11) is 0. The number of aromatic hydroxyl groups is 2. The quantitative estimate of drug-likeness (QED) is 0.0971. The summed E-state index contributed by atoms with van der Waals surface area (Å²) in [6.07, 6.45) is 9.34. The molecule has 0 atom stereocenters. The molecule has 0 heterocycles. The van der Waals surface area contributed by atoms with Crippen LogP contribution >= 0.6 is 0 Å². The molecule has 0 fully saturated rings. The van der Waals surface area contributed by atoms with E-state index >= 15 is 0 Å². The summed E-state index contributed by atoms with van der Waals surface area (Å²) in [4.78, 5) is 25.8. The number of esters is 2. The number of ether oxygens (including phenoxy) is 2. The summed E-state index contributed by atoms with van der Waals surface area (Å²) in [5.41, 5.74) is 3.80. The molecule has 0 aliphatic rings. The van der Waals surface area contributed by atoms with E-state index in [2.05, 4.69) is 13.8 Å². The maximum atomic E-state index is 12.9. The van der Waals surface area contributed by atoms with Crippen molar-refractivity contribution in [3.63, 3.8) is 0 Å². The lowest BCUT2D eigenvalue weighted by atomic mass is 9.94. The molecule has 0 spiro atoms. The smallest absolute Gasteiger partial charge is 0.309 e. The maximum Gasteiger partial charge on any atom is 0.309 e. The number of phenols is 2. The second kappa shape index (κ2) is 17.1. The predicted molar refractivity (Wildman–Crippen MR) is 162 cm³/mol. The molecule has 0 amide bonds. The van der Waals surface area contributed by atoms with Crippen LogP contribution in [0.4, 0.5) is 0 Å². The van der Waals surface area contributed by atoms with Crippen molar-refractivity contribution >= 4 is 11.9 Å². The van der Waals surface area contributed by atoms with Gasteiger partial charge in [-0.25, -0.2) is 0 Å². The minimum Gasteiger partial charge on any atom is -0.508 e. The number of benzene rings is 3. The third-order valence-corrected chi connectivity index (χ3v) is 7.13. The second-order valence-electron chi connectivity index (χ2n) is 10.5. The van der Waals surface area contributed by atoms with Crippen LogP contribution in [0.25, 0.3) is 22.3 Å². The van der Waals surface area contributed by atoms with E-state index < -0.39 is 18.2 Å². The first-order valence-electron chi connectivity index (χ1n) is 15.0. The Kier molecular flexibility index (Phi) is 13.2. The van der Waals surface area contributed by atoms with Gasteiger partial charge in [0.2, 0.25) is 0 Å². The standard InChI is InChI=1S/C35H44O6/c1-3-5-7-9-11-13-33(38)40-35(41-34(39)14-12-10-8-6-4-2)31-24-19-28(26-15-20-29(36)21-16-26)25-32(31)27-17-22-30(37)23-18-27/h15-25,35-37H,3-14H2,1-2H3. The van der Waals surface area contributed by atoms with E-state index in [0.29, 0.717) is 11.1 Å². The number of unbranched alkanes of at least 4 members (excludes halogenated alkanes) is 8. The first kappa shape index (κ1) is 31.7. The highest BCUT2D eigenvalue weighted by Gasteiger charge is 2.25. The molecular weight excluding hydrogens is 516 g/mol. The second-order valence-corrected chi connectivity index (χ2v) is 10.5. The molecule has 41 heavy (non-hydrogen) atoms. The van der Waals surface area contributed by atoms with Gasteiger partial charge < -0.3 is 19.7 Å². The average Bonchev–Trinajstić information content (AvgIpc) is 2.97. The zero-order chi connectivity index (χ0) is 29.5. The fourth-order valence-corrected chi connectivity index (χ4v) is 4.74. The van der Waals surface area contributed by atoms with E-state index in [1.807, 2.05) is 30.3 Å². The molecule has 3 aromatic carbocycles. The van der Waals surface area contributed by atoms with Crippen molar-refractivity contribution in [2.45, 2.75) is 97.2 Å². The molecule has 0 aliphatic carbocycles. The highest BCUT2D eigenvalue weighted by molar-refractivity contribution is 5.78. The van der Waals surface area contributed by atoms with E-state index in [0.717, 1.165) is 80.9 Å². The van der Waals surface area contributed by atoms with Gasteiger partial charge in [-0.05, 0) is 65.4 Å². The van der Waals surface area contributed by atoms with Crippen LogP contribution in [0.3, 0.4) is 0 Å². The van der Waals surface area contributed by atoms with Crippen LogP contribution in [0.15, 0.2) is 66.7 Å². The van der Waals surface area contributed by atoms with Crippen LogP contribution < -0.4 is 0 Å². The number of rotatable bonds is 17. The largest absolute Gasteiger partial charge is 0.508 e. The zero-order valence-corrected chi connectivity index (χ0v) is 24.4. The fourth-order valence-electron chi connectivity index (χ4n) is 4.74. The Hall–Kier alpha value is -3.80. The monoisotopic (exact) mass is 560 g/mol. The van der Waals surface area contributed by atoms with Gasteiger partial charge in [0.25, 0.3) is 6.29 Å². The zero-order valence-electron chi connectivity index (χ0n) is 24.4. The van der Waals surface area contributed by atoms with Crippen LogP contribution in [0.1, 0.15) is 103 Å². The maximum absolute atomic E-state index is 12.9. The van der Waals surface area contributed by atoms with Gasteiger partial charge in [-0.3, -0.25) is 9.59 Å². The van der Waals surface area contributed by atoms with E-state index in [1.165, 1.54) is 0 Å². The summed E-state index contributed by atoms with van der Waals surface area (Å²) in [5.74, 6) is -0.499. The van der Waals surface area contributed by atoms with Gasteiger partial charge in [0, 0.05) is 18.4 Å². The summed E-state index contributed by atoms with van der Waals surface area (Å²) in [5, 5.41) is 19.6. The number of hydrogen-bond donors (Lipinski definition) is 2. The highest BCUT2D eigenvalue weighted by atomic mass is 16.7.